The highest BCUT2D eigenvalue weighted by Crippen LogP contribution is 2.23. The van der Waals surface area contributed by atoms with Gasteiger partial charge in [-0.1, -0.05) is 0 Å². The SMILES string of the molecule is CCOC(=O)C1CCN(C(=O)c2cc3cc(OC)ccc3oc2=O)CC1. The first kappa shape index (κ1) is 18.0. The van der Waals surface area contributed by atoms with Gasteiger partial charge in [0, 0.05) is 18.5 Å². The molecule has 0 spiro atoms. The van der Waals surface area contributed by atoms with Crippen LogP contribution in [0.2, 0.25) is 0 Å². The number of nitrogens with zero attached hydrogens (tertiary/aromatic N) is 1. The van der Waals surface area contributed by atoms with Gasteiger partial charge >= 0.3 is 11.6 Å². The third-order valence-corrected chi connectivity index (χ3v) is 4.57. The van der Waals surface area contributed by atoms with Gasteiger partial charge in [0.15, 0.2) is 0 Å². The average molecular weight is 359 g/mol. The minimum Gasteiger partial charge on any atom is -0.497 e. The van der Waals surface area contributed by atoms with Crippen LogP contribution in [-0.2, 0) is 9.53 Å². The number of methoxy groups -OCH3 is 1. The van der Waals surface area contributed by atoms with Crippen LogP contribution in [0.4, 0.5) is 0 Å². The van der Waals surface area contributed by atoms with E-state index in [2.05, 4.69) is 0 Å². The lowest BCUT2D eigenvalue weighted by Crippen LogP contribution is -2.42. The molecule has 0 saturated carbocycles. The van der Waals surface area contributed by atoms with E-state index in [9.17, 15) is 14.4 Å². The fourth-order valence-electron chi connectivity index (χ4n) is 3.13. The summed E-state index contributed by atoms with van der Waals surface area (Å²) in [7, 11) is 1.54. The summed E-state index contributed by atoms with van der Waals surface area (Å²) in [6, 6.07) is 6.56. The molecule has 0 bridgehead atoms. The Kier molecular flexibility index (Phi) is 5.25. The van der Waals surface area contributed by atoms with Gasteiger partial charge in [0.25, 0.3) is 5.91 Å². The zero-order chi connectivity index (χ0) is 18.7. The van der Waals surface area contributed by atoms with Crippen LogP contribution in [-0.4, -0.2) is 43.6 Å². The maximum atomic E-state index is 12.7. The number of hydrogen-bond donors (Lipinski definition) is 0. The predicted octanol–water partition coefficient (Wildman–Crippen LogP) is 2.22. The largest absolute Gasteiger partial charge is 0.497 e. The summed E-state index contributed by atoms with van der Waals surface area (Å²) in [5, 5.41) is 0.619. The molecule has 0 atom stereocenters. The van der Waals surface area contributed by atoms with Gasteiger partial charge in [-0.25, -0.2) is 4.79 Å². The maximum absolute atomic E-state index is 12.7. The van der Waals surface area contributed by atoms with E-state index < -0.39 is 5.63 Å². The van der Waals surface area contributed by atoms with Gasteiger partial charge in [0.1, 0.15) is 16.9 Å². The number of likely N-dealkylation sites (tertiary alicyclic amines) is 1. The summed E-state index contributed by atoms with van der Waals surface area (Å²) >= 11 is 0. The monoisotopic (exact) mass is 359 g/mol. The molecule has 1 aromatic heterocycles. The number of hydrogen-bond acceptors (Lipinski definition) is 6. The molecule has 2 aromatic rings. The number of amides is 1. The van der Waals surface area contributed by atoms with E-state index in [4.69, 9.17) is 13.9 Å². The summed E-state index contributed by atoms with van der Waals surface area (Å²) in [6.45, 7) is 2.92. The second-order valence-electron chi connectivity index (χ2n) is 6.17. The molecule has 7 nitrogen and oxygen atoms in total. The van der Waals surface area contributed by atoms with Crippen molar-refractivity contribution in [1.82, 2.24) is 4.90 Å². The number of esters is 1. The third-order valence-electron chi connectivity index (χ3n) is 4.57. The van der Waals surface area contributed by atoms with E-state index in [-0.39, 0.29) is 23.4 Å². The molecule has 2 heterocycles. The summed E-state index contributed by atoms with van der Waals surface area (Å²) < 4.78 is 15.5. The van der Waals surface area contributed by atoms with Crippen molar-refractivity contribution in [2.75, 3.05) is 26.8 Å². The van der Waals surface area contributed by atoms with Gasteiger partial charge in [-0.15, -0.1) is 0 Å². The Labute approximate surface area is 150 Å². The molecule has 138 valence electrons. The van der Waals surface area contributed by atoms with Crippen molar-refractivity contribution in [1.29, 1.82) is 0 Å². The van der Waals surface area contributed by atoms with E-state index in [0.717, 1.165) is 0 Å². The zero-order valence-electron chi connectivity index (χ0n) is 14.8. The fraction of sp³-hybridized carbons (Fsp3) is 0.421. The van der Waals surface area contributed by atoms with Crippen molar-refractivity contribution < 1.29 is 23.5 Å². The fourth-order valence-corrected chi connectivity index (χ4v) is 3.13. The van der Waals surface area contributed by atoms with Crippen LogP contribution >= 0.6 is 0 Å². The molecule has 0 aliphatic carbocycles. The molecule has 1 aliphatic heterocycles. The first-order valence-electron chi connectivity index (χ1n) is 8.61. The summed E-state index contributed by atoms with van der Waals surface area (Å²) in [5.41, 5.74) is -0.283. The first-order chi connectivity index (χ1) is 12.5. The Balaban J connectivity index is 1.79. The van der Waals surface area contributed by atoms with Crippen LogP contribution in [0.1, 0.15) is 30.1 Å². The number of carbonyl (C=O) groups excluding carboxylic acids is 2. The van der Waals surface area contributed by atoms with Crippen LogP contribution in [0.5, 0.6) is 5.75 Å². The molecule has 0 unspecified atom stereocenters. The molecule has 1 saturated heterocycles. The smallest absolute Gasteiger partial charge is 0.349 e. The van der Waals surface area contributed by atoms with Crippen molar-refractivity contribution >= 4 is 22.8 Å². The Hall–Kier alpha value is -2.83. The van der Waals surface area contributed by atoms with Crippen molar-refractivity contribution in [3.63, 3.8) is 0 Å². The molecule has 1 aliphatic rings. The number of benzene rings is 1. The second kappa shape index (κ2) is 7.59. The van der Waals surface area contributed by atoms with Crippen molar-refractivity contribution in [2.45, 2.75) is 19.8 Å². The Morgan fingerprint density at radius 3 is 2.62 bits per heavy atom. The van der Waals surface area contributed by atoms with Crippen molar-refractivity contribution in [2.24, 2.45) is 5.92 Å². The molecule has 0 N–H and O–H groups in total. The second-order valence-corrected chi connectivity index (χ2v) is 6.17. The predicted molar refractivity (Wildman–Crippen MR) is 94.3 cm³/mol. The van der Waals surface area contributed by atoms with Gasteiger partial charge in [0.05, 0.1) is 19.6 Å². The Morgan fingerprint density at radius 1 is 1.23 bits per heavy atom. The lowest BCUT2D eigenvalue weighted by Gasteiger charge is -2.30. The molecular weight excluding hydrogens is 338 g/mol. The maximum Gasteiger partial charge on any atom is 0.349 e. The number of fused-ring (bicyclic) bond motifs is 1. The van der Waals surface area contributed by atoms with E-state index >= 15 is 0 Å². The molecule has 0 radical (unpaired) electrons. The van der Waals surface area contributed by atoms with Gasteiger partial charge in [-0.05, 0) is 44.0 Å². The van der Waals surface area contributed by atoms with E-state index in [1.807, 2.05) is 0 Å². The average Bonchev–Trinajstić information content (AvgIpc) is 2.67. The minimum atomic E-state index is -0.666. The highest BCUT2D eigenvalue weighted by atomic mass is 16.5. The van der Waals surface area contributed by atoms with E-state index in [0.29, 0.717) is 49.3 Å². The normalized spacial score (nSPS) is 15.1. The first-order valence-corrected chi connectivity index (χ1v) is 8.61. The summed E-state index contributed by atoms with van der Waals surface area (Å²) in [4.78, 5) is 38.3. The van der Waals surface area contributed by atoms with Gasteiger partial charge in [-0.2, -0.15) is 0 Å². The lowest BCUT2D eigenvalue weighted by molar-refractivity contribution is -0.149. The topological polar surface area (TPSA) is 86.1 Å². The van der Waals surface area contributed by atoms with Crippen LogP contribution in [0.25, 0.3) is 11.0 Å². The highest BCUT2D eigenvalue weighted by molar-refractivity contribution is 5.97. The van der Waals surface area contributed by atoms with E-state index in [1.54, 1.807) is 37.1 Å². The van der Waals surface area contributed by atoms with Gasteiger partial charge < -0.3 is 18.8 Å². The third kappa shape index (κ3) is 3.56. The summed E-state index contributed by atoms with van der Waals surface area (Å²) in [5.74, 6) is -0.195. The Bertz CT molecular complexity index is 879. The van der Waals surface area contributed by atoms with Gasteiger partial charge in [-0.3, -0.25) is 9.59 Å². The van der Waals surface area contributed by atoms with Crippen LogP contribution in [0.3, 0.4) is 0 Å². The molecule has 1 aromatic carbocycles. The lowest BCUT2D eigenvalue weighted by atomic mass is 9.96. The van der Waals surface area contributed by atoms with E-state index in [1.165, 1.54) is 6.07 Å². The number of piperidine rings is 1. The summed E-state index contributed by atoms with van der Waals surface area (Å²) in [6.07, 6.45) is 1.05. The minimum absolute atomic E-state index is 0.0136. The molecule has 1 amide bonds. The van der Waals surface area contributed by atoms with Gasteiger partial charge in [0.2, 0.25) is 0 Å². The molecule has 7 heteroatoms. The molecule has 3 rings (SSSR count). The highest BCUT2D eigenvalue weighted by Gasteiger charge is 2.30. The quantitative estimate of drug-likeness (QED) is 0.615. The van der Waals surface area contributed by atoms with Crippen molar-refractivity contribution in [3.05, 3.63) is 40.2 Å². The van der Waals surface area contributed by atoms with Crippen LogP contribution in [0.15, 0.2) is 33.5 Å². The number of ether oxygens (including phenoxy) is 2. The molecule has 1 fully saturated rings. The standard InChI is InChI=1S/C19H21NO6/c1-3-25-18(22)12-6-8-20(9-7-12)17(21)15-11-13-10-14(24-2)4-5-16(13)26-19(15)23/h4-5,10-12H,3,6-9H2,1-2H3. The number of carbonyl (C=O) groups is 2. The zero-order valence-corrected chi connectivity index (χ0v) is 14.8. The van der Waals surface area contributed by atoms with Crippen molar-refractivity contribution in [3.8, 4) is 5.75 Å². The van der Waals surface area contributed by atoms with Crippen LogP contribution < -0.4 is 10.4 Å². The Morgan fingerprint density at radius 2 is 1.96 bits per heavy atom. The number of rotatable bonds is 4. The molecule has 26 heavy (non-hydrogen) atoms. The molecular formula is C19H21NO6. The van der Waals surface area contributed by atoms with Crippen LogP contribution in [0, 0.1) is 5.92 Å².